The fourth-order valence-electron chi connectivity index (χ4n) is 1.42. The second-order valence-corrected chi connectivity index (χ2v) is 3.74. The lowest BCUT2D eigenvalue weighted by atomic mass is 9.95. The Hall–Kier alpha value is -1.10. The van der Waals surface area contributed by atoms with Gasteiger partial charge in [-0.05, 0) is 18.1 Å². The van der Waals surface area contributed by atoms with Gasteiger partial charge in [0.1, 0.15) is 5.69 Å². The third kappa shape index (κ3) is 2.95. The molecular weight excluding hydrogens is 219 g/mol. The smallest absolute Gasteiger partial charge is 0.393 e. The number of aromatic nitrogens is 1. The van der Waals surface area contributed by atoms with E-state index in [1.54, 1.807) is 6.92 Å². The second kappa shape index (κ2) is 4.82. The molecule has 0 saturated heterocycles. The van der Waals surface area contributed by atoms with Gasteiger partial charge in [0.2, 0.25) is 0 Å². The van der Waals surface area contributed by atoms with Crippen LogP contribution in [0.15, 0.2) is 18.3 Å². The largest absolute Gasteiger partial charge is 0.433 e. The van der Waals surface area contributed by atoms with Crippen LogP contribution in [0.1, 0.15) is 37.4 Å². The Morgan fingerprint density at radius 2 is 2.00 bits per heavy atom. The van der Waals surface area contributed by atoms with Crippen LogP contribution in [-0.2, 0) is 6.18 Å². The lowest BCUT2D eigenvalue weighted by Gasteiger charge is -2.17. The summed E-state index contributed by atoms with van der Waals surface area (Å²) < 4.78 is 36.7. The number of nitrogens with zero attached hydrogens (tertiary/aromatic N) is 1. The van der Waals surface area contributed by atoms with Crippen LogP contribution in [0.2, 0.25) is 0 Å². The van der Waals surface area contributed by atoms with E-state index < -0.39 is 18.0 Å². The Morgan fingerprint density at radius 1 is 1.38 bits per heavy atom. The summed E-state index contributed by atoms with van der Waals surface area (Å²) in [7, 11) is 0. The van der Waals surface area contributed by atoms with Crippen LogP contribution in [0, 0.1) is 0 Å². The molecule has 1 heterocycles. The van der Waals surface area contributed by atoms with Gasteiger partial charge in [-0.1, -0.05) is 19.9 Å². The van der Waals surface area contributed by atoms with Gasteiger partial charge in [0.15, 0.2) is 0 Å². The molecule has 0 aliphatic rings. The highest BCUT2D eigenvalue weighted by molar-refractivity contribution is 5.20. The van der Waals surface area contributed by atoms with Gasteiger partial charge in [-0.15, -0.1) is 0 Å². The van der Waals surface area contributed by atoms with Gasteiger partial charge in [0.05, 0.1) is 6.10 Å². The molecule has 2 nitrogen and oxygen atoms in total. The minimum absolute atomic E-state index is 0.209. The van der Waals surface area contributed by atoms with E-state index in [-0.39, 0.29) is 5.92 Å². The minimum atomic E-state index is -4.41. The number of rotatable bonds is 3. The summed E-state index contributed by atoms with van der Waals surface area (Å²) in [6.45, 7) is 3.58. The second-order valence-electron chi connectivity index (χ2n) is 3.74. The molecule has 0 radical (unpaired) electrons. The van der Waals surface area contributed by atoms with Crippen LogP contribution in [-0.4, -0.2) is 16.2 Å². The fourth-order valence-corrected chi connectivity index (χ4v) is 1.42. The number of hydrogen-bond acceptors (Lipinski definition) is 2. The van der Waals surface area contributed by atoms with Gasteiger partial charge < -0.3 is 5.11 Å². The van der Waals surface area contributed by atoms with Crippen molar-refractivity contribution in [3.63, 3.8) is 0 Å². The van der Waals surface area contributed by atoms with E-state index >= 15 is 0 Å². The first-order valence-electron chi connectivity index (χ1n) is 5.07. The van der Waals surface area contributed by atoms with E-state index in [9.17, 15) is 18.3 Å². The first kappa shape index (κ1) is 13.0. The maximum absolute atomic E-state index is 12.2. The Bertz CT molecular complexity index is 334. The minimum Gasteiger partial charge on any atom is -0.393 e. The van der Waals surface area contributed by atoms with Crippen LogP contribution in [0.25, 0.3) is 0 Å². The lowest BCUT2D eigenvalue weighted by Crippen LogP contribution is -2.15. The maximum Gasteiger partial charge on any atom is 0.433 e. The van der Waals surface area contributed by atoms with Crippen molar-refractivity contribution >= 4 is 0 Å². The standard InChI is InChI=1S/C11H14F3NO/c1-3-9(16)7(2)8-4-5-10(15-6-8)11(12,13)14/h4-7,9,16H,3H2,1-2H3/t7-,9?/m0/s1. The van der Waals surface area contributed by atoms with Crippen molar-refractivity contribution in [1.82, 2.24) is 4.98 Å². The summed E-state index contributed by atoms with van der Waals surface area (Å²) in [6, 6.07) is 2.30. The summed E-state index contributed by atoms with van der Waals surface area (Å²) in [5.41, 5.74) is -0.295. The molecule has 5 heteroatoms. The Labute approximate surface area is 92.1 Å². The molecule has 1 rings (SSSR count). The number of halogens is 3. The predicted octanol–water partition coefficient (Wildman–Crippen LogP) is 2.97. The Kier molecular flexibility index (Phi) is 3.91. The molecule has 0 saturated carbocycles. The number of alkyl halides is 3. The Morgan fingerprint density at radius 3 is 2.38 bits per heavy atom. The molecule has 1 unspecified atom stereocenters. The number of aliphatic hydroxyl groups excluding tert-OH is 1. The molecule has 1 aromatic heterocycles. The molecule has 0 aliphatic carbocycles. The monoisotopic (exact) mass is 233 g/mol. The molecule has 0 spiro atoms. The molecule has 2 atom stereocenters. The van der Waals surface area contributed by atoms with Crippen molar-refractivity contribution in [1.29, 1.82) is 0 Å². The zero-order valence-corrected chi connectivity index (χ0v) is 9.12. The summed E-state index contributed by atoms with van der Waals surface area (Å²) in [6.07, 6.45) is -3.24. The molecule has 0 amide bonds. The lowest BCUT2D eigenvalue weighted by molar-refractivity contribution is -0.141. The number of aliphatic hydroxyl groups is 1. The van der Waals surface area contributed by atoms with E-state index in [0.717, 1.165) is 6.07 Å². The predicted molar refractivity (Wildman–Crippen MR) is 54.0 cm³/mol. The molecule has 0 bridgehead atoms. The van der Waals surface area contributed by atoms with Crippen LogP contribution >= 0.6 is 0 Å². The first-order valence-corrected chi connectivity index (χ1v) is 5.07. The average Bonchev–Trinajstić information content (AvgIpc) is 2.26. The van der Waals surface area contributed by atoms with Gasteiger partial charge in [-0.25, -0.2) is 0 Å². The summed E-state index contributed by atoms with van der Waals surface area (Å²) >= 11 is 0. The maximum atomic E-state index is 12.2. The summed E-state index contributed by atoms with van der Waals surface area (Å²) in [4.78, 5) is 3.35. The van der Waals surface area contributed by atoms with Crippen LogP contribution < -0.4 is 0 Å². The average molecular weight is 233 g/mol. The molecule has 0 fully saturated rings. The van der Waals surface area contributed by atoms with E-state index in [1.165, 1.54) is 12.3 Å². The van der Waals surface area contributed by atoms with E-state index in [2.05, 4.69) is 4.98 Å². The van der Waals surface area contributed by atoms with Gasteiger partial charge in [-0.3, -0.25) is 4.98 Å². The molecule has 16 heavy (non-hydrogen) atoms. The molecular formula is C11H14F3NO. The molecule has 1 N–H and O–H groups in total. The van der Waals surface area contributed by atoms with Gasteiger partial charge in [0.25, 0.3) is 0 Å². The van der Waals surface area contributed by atoms with E-state index in [1.807, 2.05) is 6.92 Å². The molecule has 0 aliphatic heterocycles. The summed E-state index contributed by atoms with van der Waals surface area (Å²) in [5, 5.41) is 9.56. The van der Waals surface area contributed by atoms with Crippen molar-refractivity contribution < 1.29 is 18.3 Å². The van der Waals surface area contributed by atoms with Crippen LogP contribution in [0.5, 0.6) is 0 Å². The third-order valence-electron chi connectivity index (χ3n) is 2.60. The van der Waals surface area contributed by atoms with Gasteiger partial charge in [-0.2, -0.15) is 13.2 Å². The Balaban J connectivity index is 2.87. The van der Waals surface area contributed by atoms with Crippen molar-refractivity contribution in [2.45, 2.75) is 38.5 Å². The fraction of sp³-hybridized carbons (Fsp3) is 0.545. The highest BCUT2D eigenvalue weighted by Gasteiger charge is 2.32. The highest BCUT2D eigenvalue weighted by atomic mass is 19.4. The zero-order chi connectivity index (χ0) is 12.3. The SMILES string of the molecule is CCC(O)[C@@H](C)c1ccc(C(F)(F)F)nc1. The third-order valence-corrected chi connectivity index (χ3v) is 2.60. The topological polar surface area (TPSA) is 33.1 Å². The van der Waals surface area contributed by atoms with Crippen molar-refractivity contribution in [2.75, 3.05) is 0 Å². The van der Waals surface area contributed by atoms with E-state index in [0.29, 0.717) is 12.0 Å². The van der Waals surface area contributed by atoms with Gasteiger partial charge in [0, 0.05) is 12.1 Å². The van der Waals surface area contributed by atoms with Crippen LogP contribution in [0.3, 0.4) is 0 Å². The zero-order valence-electron chi connectivity index (χ0n) is 9.12. The number of hydrogen-bond donors (Lipinski definition) is 1. The van der Waals surface area contributed by atoms with Crippen molar-refractivity contribution in [2.24, 2.45) is 0 Å². The highest BCUT2D eigenvalue weighted by Crippen LogP contribution is 2.28. The first-order chi connectivity index (χ1) is 7.36. The summed E-state index contributed by atoms with van der Waals surface area (Å²) in [5.74, 6) is -0.209. The van der Waals surface area contributed by atoms with Crippen molar-refractivity contribution in [3.05, 3.63) is 29.6 Å². The normalized spacial score (nSPS) is 15.9. The number of pyridine rings is 1. The molecule has 0 aromatic carbocycles. The molecule has 90 valence electrons. The molecule has 1 aromatic rings. The quantitative estimate of drug-likeness (QED) is 0.870. The van der Waals surface area contributed by atoms with Crippen LogP contribution in [0.4, 0.5) is 13.2 Å². The van der Waals surface area contributed by atoms with E-state index in [4.69, 9.17) is 0 Å². The van der Waals surface area contributed by atoms with Gasteiger partial charge >= 0.3 is 6.18 Å². The van der Waals surface area contributed by atoms with Crippen molar-refractivity contribution in [3.8, 4) is 0 Å².